The van der Waals surface area contributed by atoms with E-state index in [0.717, 1.165) is 5.92 Å². The predicted octanol–water partition coefficient (Wildman–Crippen LogP) is 1.84. The van der Waals surface area contributed by atoms with Crippen molar-refractivity contribution in [3.8, 4) is 0 Å². The first kappa shape index (κ1) is 17.1. The molecule has 0 aromatic rings. The fraction of sp³-hybridized carbons (Fsp3) is 1.00. The summed E-state index contributed by atoms with van der Waals surface area (Å²) < 4.78 is 0. The molecule has 2 nitrogen and oxygen atoms in total. The fourth-order valence-corrected chi connectivity index (χ4v) is 0. The Labute approximate surface area is 72.4 Å². The summed E-state index contributed by atoms with van der Waals surface area (Å²) >= 11 is 0. The quantitative estimate of drug-likeness (QED) is 0.571. The lowest BCUT2D eigenvalue weighted by Gasteiger charge is -2.22. The Balaban J connectivity index is -0.000000138. The lowest BCUT2D eigenvalue weighted by Crippen LogP contribution is -2.12. The van der Waals surface area contributed by atoms with Crippen molar-refractivity contribution in [3.05, 3.63) is 0 Å². The molecule has 0 atom stereocenters. The molecule has 0 aliphatic rings. The highest BCUT2D eigenvalue weighted by atomic mass is 14.4. The van der Waals surface area contributed by atoms with E-state index in [4.69, 9.17) is 0 Å². The third-order valence-electron chi connectivity index (χ3n) is 1.73. The van der Waals surface area contributed by atoms with Gasteiger partial charge in [0.25, 0.3) is 0 Å². The second-order valence-corrected chi connectivity index (χ2v) is 3.52. The van der Waals surface area contributed by atoms with Gasteiger partial charge in [-0.3, -0.25) is 0 Å². The van der Waals surface area contributed by atoms with Crippen LogP contribution in [0.2, 0.25) is 0 Å². The zero-order valence-corrected chi connectivity index (χ0v) is 9.23. The number of nitrogens with two attached hydrogens (primary N) is 2. The Kier molecular flexibility index (Phi) is 15.4. The molecular weight excluding hydrogens is 136 g/mol. The minimum atomic E-state index is 0.500. The van der Waals surface area contributed by atoms with Gasteiger partial charge in [-0.15, -0.1) is 0 Å². The van der Waals surface area contributed by atoms with Gasteiger partial charge in [-0.25, -0.2) is 0 Å². The van der Waals surface area contributed by atoms with Crippen LogP contribution < -0.4 is 11.5 Å². The predicted molar refractivity (Wildman–Crippen MR) is 54.5 cm³/mol. The van der Waals surface area contributed by atoms with Gasteiger partial charge in [0, 0.05) is 0 Å². The first-order valence-electron chi connectivity index (χ1n) is 4.10. The third-order valence-corrected chi connectivity index (χ3v) is 1.73. The third kappa shape index (κ3) is 17.8. The van der Waals surface area contributed by atoms with Crippen LogP contribution in [0.1, 0.15) is 34.6 Å². The van der Waals surface area contributed by atoms with Gasteiger partial charge in [0.2, 0.25) is 0 Å². The molecule has 0 saturated heterocycles. The molecule has 0 saturated carbocycles. The van der Waals surface area contributed by atoms with Gasteiger partial charge >= 0.3 is 0 Å². The number of rotatable bonds is 0. The molecule has 0 radical (unpaired) electrons. The average Bonchev–Trinajstić information content (AvgIpc) is 1.95. The second-order valence-electron chi connectivity index (χ2n) is 3.52. The molecule has 0 heterocycles. The Hall–Kier alpha value is -0.0800. The number of hydrogen-bond acceptors (Lipinski definition) is 2. The fourth-order valence-electron chi connectivity index (χ4n) is 0. The SMILES string of the molecule is CC(C)C(C)(C)C.CN.CN. The Morgan fingerprint density at radius 1 is 0.818 bits per heavy atom. The maximum atomic E-state index is 4.50. The Bertz CT molecular complexity index is 53.1. The molecule has 2 heteroatoms. The molecule has 0 spiro atoms. The van der Waals surface area contributed by atoms with E-state index in [-0.39, 0.29) is 0 Å². The van der Waals surface area contributed by atoms with E-state index in [9.17, 15) is 0 Å². The molecule has 11 heavy (non-hydrogen) atoms. The maximum absolute atomic E-state index is 4.50. The summed E-state index contributed by atoms with van der Waals surface area (Å²) in [5.74, 6) is 0.799. The van der Waals surface area contributed by atoms with Crippen molar-refractivity contribution in [2.24, 2.45) is 22.8 Å². The van der Waals surface area contributed by atoms with Crippen molar-refractivity contribution in [1.29, 1.82) is 0 Å². The molecular formula is C9H26N2. The first-order valence-corrected chi connectivity index (χ1v) is 4.10. The first-order chi connectivity index (χ1) is 4.94. The van der Waals surface area contributed by atoms with Crippen molar-refractivity contribution >= 4 is 0 Å². The van der Waals surface area contributed by atoms with Gasteiger partial charge in [0.05, 0.1) is 0 Å². The highest BCUT2D eigenvalue weighted by Gasteiger charge is 2.13. The standard InChI is InChI=1S/C7H16.2CH5N/c1-6(2)7(3,4)5;2*1-2/h6H,1-5H3;2*2H2,1H3. The zero-order valence-electron chi connectivity index (χ0n) is 9.23. The van der Waals surface area contributed by atoms with Crippen LogP contribution in [0.25, 0.3) is 0 Å². The lowest BCUT2D eigenvalue weighted by molar-refractivity contribution is 0.283. The van der Waals surface area contributed by atoms with E-state index in [1.54, 1.807) is 0 Å². The largest absolute Gasteiger partial charge is 0.333 e. The molecule has 0 aliphatic heterocycles. The van der Waals surface area contributed by atoms with Crippen LogP contribution in [-0.2, 0) is 0 Å². The minimum absolute atomic E-state index is 0.500. The summed E-state index contributed by atoms with van der Waals surface area (Å²) in [4.78, 5) is 0. The van der Waals surface area contributed by atoms with E-state index >= 15 is 0 Å². The number of hydrogen-bond donors (Lipinski definition) is 2. The van der Waals surface area contributed by atoms with Gasteiger partial charge in [-0.05, 0) is 25.4 Å². The molecule has 0 aliphatic carbocycles. The van der Waals surface area contributed by atoms with Crippen molar-refractivity contribution in [3.63, 3.8) is 0 Å². The van der Waals surface area contributed by atoms with Gasteiger partial charge in [-0.1, -0.05) is 34.6 Å². The normalized spacial score (nSPS) is 9.27. The van der Waals surface area contributed by atoms with E-state index < -0.39 is 0 Å². The van der Waals surface area contributed by atoms with Gasteiger partial charge in [0.1, 0.15) is 0 Å². The summed E-state index contributed by atoms with van der Waals surface area (Å²) in [7, 11) is 3.00. The maximum Gasteiger partial charge on any atom is -0.0195 e. The second kappa shape index (κ2) is 9.92. The summed E-state index contributed by atoms with van der Waals surface area (Å²) in [6.45, 7) is 11.3. The Morgan fingerprint density at radius 3 is 0.909 bits per heavy atom. The van der Waals surface area contributed by atoms with Gasteiger partial charge in [0.15, 0.2) is 0 Å². The van der Waals surface area contributed by atoms with Crippen LogP contribution >= 0.6 is 0 Å². The van der Waals surface area contributed by atoms with Crippen molar-refractivity contribution in [2.45, 2.75) is 34.6 Å². The minimum Gasteiger partial charge on any atom is -0.333 e. The average molecular weight is 162 g/mol. The summed E-state index contributed by atoms with van der Waals surface area (Å²) in [6.07, 6.45) is 0. The topological polar surface area (TPSA) is 52.0 Å². The summed E-state index contributed by atoms with van der Waals surface area (Å²) in [5.41, 5.74) is 9.50. The van der Waals surface area contributed by atoms with Crippen LogP contribution in [-0.4, -0.2) is 14.1 Å². The van der Waals surface area contributed by atoms with Crippen LogP contribution in [0.15, 0.2) is 0 Å². The van der Waals surface area contributed by atoms with Crippen LogP contribution in [0.3, 0.4) is 0 Å². The van der Waals surface area contributed by atoms with E-state index in [2.05, 4.69) is 46.1 Å². The van der Waals surface area contributed by atoms with Gasteiger partial charge in [-0.2, -0.15) is 0 Å². The molecule has 0 fully saturated rings. The molecule has 0 unspecified atom stereocenters. The van der Waals surface area contributed by atoms with Crippen molar-refractivity contribution in [2.75, 3.05) is 14.1 Å². The molecule has 0 aromatic carbocycles. The monoisotopic (exact) mass is 162 g/mol. The molecule has 72 valence electrons. The highest BCUT2D eigenvalue weighted by molar-refractivity contribution is 4.64. The van der Waals surface area contributed by atoms with Crippen molar-refractivity contribution < 1.29 is 0 Å². The van der Waals surface area contributed by atoms with Crippen LogP contribution in [0.5, 0.6) is 0 Å². The van der Waals surface area contributed by atoms with Crippen molar-refractivity contribution in [1.82, 2.24) is 0 Å². The highest BCUT2D eigenvalue weighted by Crippen LogP contribution is 2.23. The van der Waals surface area contributed by atoms with E-state index in [0.29, 0.717) is 5.41 Å². The Morgan fingerprint density at radius 2 is 0.909 bits per heavy atom. The van der Waals surface area contributed by atoms with E-state index in [1.807, 2.05) is 0 Å². The van der Waals surface area contributed by atoms with Crippen LogP contribution in [0, 0.1) is 11.3 Å². The molecule has 0 aromatic heterocycles. The summed E-state index contributed by atoms with van der Waals surface area (Å²) in [6, 6.07) is 0. The molecule has 0 bridgehead atoms. The zero-order chi connectivity index (χ0) is 10.1. The van der Waals surface area contributed by atoms with E-state index in [1.165, 1.54) is 14.1 Å². The van der Waals surface area contributed by atoms with Gasteiger partial charge < -0.3 is 11.5 Å². The lowest BCUT2D eigenvalue weighted by atomic mass is 9.84. The molecule has 0 amide bonds. The smallest absolute Gasteiger partial charge is 0.0195 e. The molecule has 0 rings (SSSR count). The van der Waals surface area contributed by atoms with Crippen LogP contribution in [0.4, 0.5) is 0 Å². The molecule has 4 N–H and O–H groups in total. The summed E-state index contributed by atoms with van der Waals surface area (Å²) in [5, 5.41) is 0.